The molecule has 131 valence electrons. The molecule has 2 nitrogen and oxygen atoms in total. The summed E-state index contributed by atoms with van der Waals surface area (Å²) in [6.07, 6.45) is 12.8. The summed E-state index contributed by atoms with van der Waals surface area (Å²) in [5.74, 6) is 0. The Balaban J connectivity index is 5.04. The van der Waals surface area contributed by atoms with Crippen LogP contribution in [0.3, 0.4) is 0 Å². The molecule has 0 amide bonds. The number of hydrogen-bond donors (Lipinski definition) is 0. The van der Waals surface area contributed by atoms with Crippen molar-refractivity contribution in [3.05, 3.63) is 11.8 Å². The van der Waals surface area contributed by atoms with Crippen LogP contribution in [-0.4, -0.2) is 44.4 Å². The van der Waals surface area contributed by atoms with Crippen LogP contribution in [-0.2, 0) is 0 Å². The third-order valence-corrected chi connectivity index (χ3v) is 6.64. The van der Waals surface area contributed by atoms with Crippen LogP contribution in [0.4, 0.5) is 0 Å². The molecular weight excluding hydrogens is 284 g/mol. The van der Waals surface area contributed by atoms with Crippen molar-refractivity contribution in [2.45, 2.75) is 86.0 Å². The summed E-state index contributed by atoms with van der Waals surface area (Å²) in [7, 11) is -0.678. The maximum atomic E-state index is 2.81. The average Bonchev–Trinajstić information content (AvgIpc) is 2.53. The molecule has 0 saturated heterocycles. The summed E-state index contributed by atoms with van der Waals surface area (Å²) in [6, 6.07) is 0. The molecule has 0 saturated carbocycles. The largest absolute Gasteiger partial charge is 0.308 e. The van der Waals surface area contributed by atoms with E-state index in [4.69, 9.17) is 0 Å². The Hall–Kier alpha value is -0.123. The van der Waals surface area contributed by atoms with Gasteiger partial charge in [-0.3, -0.25) is 0 Å². The number of allylic oxidation sites excluding steroid dienone is 1. The van der Waals surface area contributed by atoms with Crippen molar-refractivity contribution in [2.75, 3.05) is 26.2 Å². The van der Waals surface area contributed by atoms with Crippen molar-refractivity contribution in [3.63, 3.8) is 0 Å². The number of hydrogen-bond acceptors (Lipinski definition) is 2. The lowest BCUT2D eigenvalue weighted by molar-refractivity contribution is 0.338. The highest BCUT2D eigenvalue weighted by molar-refractivity contribution is 6.58. The molecule has 0 unspecified atom stereocenters. The van der Waals surface area contributed by atoms with Gasteiger partial charge in [0.25, 0.3) is 9.12 Å². The van der Waals surface area contributed by atoms with Gasteiger partial charge in [-0.2, -0.15) is 0 Å². The zero-order valence-electron chi connectivity index (χ0n) is 16.0. The first kappa shape index (κ1) is 21.9. The van der Waals surface area contributed by atoms with Crippen molar-refractivity contribution in [3.8, 4) is 0 Å². The zero-order chi connectivity index (χ0) is 16.6. The van der Waals surface area contributed by atoms with Gasteiger partial charge in [0.2, 0.25) is 0 Å². The third kappa shape index (κ3) is 9.81. The number of unbranched alkanes of at least 4 members (excludes halogenated alkanes) is 3. The molecule has 0 aromatic carbocycles. The van der Waals surface area contributed by atoms with E-state index in [1.807, 2.05) is 0 Å². The van der Waals surface area contributed by atoms with E-state index in [-0.39, 0.29) is 0 Å². The van der Waals surface area contributed by atoms with E-state index in [0.29, 0.717) is 0 Å². The van der Waals surface area contributed by atoms with Crippen LogP contribution >= 0.6 is 0 Å². The fourth-order valence-corrected chi connectivity index (χ4v) is 5.56. The SMILES string of the molecule is CCCC=C[Si](N(CCC)CCCC)N(CCC)CCCC. The number of rotatable bonds is 15. The molecule has 0 aliphatic heterocycles. The van der Waals surface area contributed by atoms with E-state index in [1.54, 1.807) is 0 Å². The lowest BCUT2D eigenvalue weighted by Crippen LogP contribution is -2.53. The average molecular weight is 326 g/mol. The van der Waals surface area contributed by atoms with Crippen LogP contribution < -0.4 is 0 Å². The Bertz CT molecular complexity index is 238. The third-order valence-electron chi connectivity index (χ3n) is 3.92. The van der Waals surface area contributed by atoms with Gasteiger partial charge < -0.3 is 9.13 Å². The molecule has 3 heteroatoms. The van der Waals surface area contributed by atoms with Crippen LogP contribution in [0.15, 0.2) is 11.8 Å². The fourth-order valence-electron chi connectivity index (χ4n) is 2.69. The van der Waals surface area contributed by atoms with Crippen LogP contribution in [0.5, 0.6) is 0 Å². The quantitative estimate of drug-likeness (QED) is 0.372. The fraction of sp³-hybridized carbons (Fsp3) is 0.895. The second-order valence-corrected chi connectivity index (χ2v) is 8.55. The molecule has 0 atom stereocenters. The smallest absolute Gasteiger partial charge is 0.258 e. The molecular formula is C19H41N2Si. The molecule has 0 N–H and O–H groups in total. The topological polar surface area (TPSA) is 6.48 Å². The van der Waals surface area contributed by atoms with E-state index < -0.39 is 9.12 Å². The van der Waals surface area contributed by atoms with Crippen molar-refractivity contribution < 1.29 is 0 Å². The maximum Gasteiger partial charge on any atom is 0.258 e. The Kier molecular flexibility index (Phi) is 15.7. The van der Waals surface area contributed by atoms with Crippen molar-refractivity contribution in [1.29, 1.82) is 0 Å². The van der Waals surface area contributed by atoms with Gasteiger partial charge in [0, 0.05) is 0 Å². The van der Waals surface area contributed by atoms with E-state index in [2.05, 4.69) is 55.5 Å². The van der Waals surface area contributed by atoms with E-state index >= 15 is 0 Å². The first-order valence-electron chi connectivity index (χ1n) is 9.78. The summed E-state index contributed by atoms with van der Waals surface area (Å²) < 4.78 is 5.62. The molecule has 0 aliphatic rings. The van der Waals surface area contributed by atoms with Crippen LogP contribution in [0.1, 0.15) is 86.0 Å². The van der Waals surface area contributed by atoms with Crippen LogP contribution in [0.25, 0.3) is 0 Å². The van der Waals surface area contributed by atoms with Gasteiger partial charge >= 0.3 is 0 Å². The lowest BCUT2D eigenvalue weighted by atomic mass is 10.3. The van der Waals surface area contributed by atoms with Gasteiger partial charge in [0.05, 0.1) is 0 Å². The van der Waals surface area contributed by atoms with E-state index in [1.165, 1.54) is 77.5 Å². The lowest BCUT2D eigenvalue weighted by Gasteiger charge is -2.36. The van der Waals surface area contributed by atoms with Crippen LogP contribution in [0.2, 0.25) is 0 Å². The standard InChI is InChI=1S/C19H41N2Si/c1-6-11-14-19-22(20(15-9-4)17-12-7-2)21(16-10-5)18-13-8-3/h14,19H,6-13,15-18H2,1-5H3. The molecule has 22 heavy (non-hydrogen) atoms. The van der Waals surface area contributed by atoms with Crippen molar-refractivity contribution >= 4 is 9.12 Å². The molecule has 0 aliphatic carbocycles. The molecule has 1 radical (unpaired) electrons. The molecule has 0 rings (SSSR count). The van der Waals surface area contributed by atoms with Gasteiger partial charge in [-0.25, -0.2) is 0 Å². The van der Waals surface area contributed by atoms with Crippen LogP contribution in [0, 0.1) is 0 Å². The molecule has 0 heterocycles. The van der Waals surface area contributed by atoms with Gasteiger partial charge in [0.15, 0.2) is 0 Å². The minimum Gasteiger partial charge on any atom is -0.308 e. The predicted octanol–water partition coefficient (Wildman–Crippen LogP) is 5.39. The van der Waals surface area contributed by atoms with Gasteiger partial charge in [-0.05, 0) is 58.3 Å². The van der Waals surface area contributed by atoms with Gasteiger partial charge in [-0.15, -0.1) is 0 Å². The van der Waals surface area contributed by atoms with Gasteiger partial charge in [0.1, 0.15) is 0 Å². The first-order valence-corrected chi connectivity index (χ1v) is 11.2. The summed E-state index contributed by atoms with van der Waals surface area (Å²) in [5.41, 5.74) is 2.59. The second kappa shape index (κ2) is 15.8. The highest BCUT2D eigenvalue weighted by Crippen LogP contribution is 2.10. The summed E-state index contributed by atoms with van der Waals surface area (Å²) >= 11 is 0. The molecule has 0 fully saturated rings. The normalized spacial score (nSPS) is 12.4. The molecule has 0 spiro atoms. The Labute approximate surface area is 142 Å². The van der Waals surface area contributed by atoms with Crippen molar-refractivity contribution in [2.24, 2.45) is 0 Å². The molecule has 0 bridgehead atoms. The Morgan fingerprint density at radius 3 is 1.50 bits per heavy atom. The highest BCUT2D eigenvalue weighted by atomic mass is 28.3. The molecule has 0 aromatic heterocycles. The Morgan fingerprint density at radius 1 is 0.636 bits per heavy atom. The first-order chi connectivity index (χ1) is 10.7. The minimum absolute atomic E-state index is 0.678. The highest BCUT2D eigenvalue weighted by Gasteiger charge is 2.24. The van der Waals surface area contributed by atoms with Gasteiger partial charge in [-0.1, -0.05) is 65.7 Å². The summed E-state index contributed by atoms with van der Waals surface area (Å²) in [4.78, 5) is 0. The zero-order valence-corrected chi connectivity index (χ0v) is 17.0. The summed E-state index contributed by atoms with van der Waals surface area (Å²) in [5, 5.41) is 0. The second-order valence-electron chi connectivity index (χ2n) is 6.23. The predicted molar refractivity (Wildman–Crippen MR) is 103 cm³/mol. The maximum absolute atomic E-state index is 2.81. The number of nitrogens with zero attached hydrogens (tertiary/aromatic N) is 2. The molecule has 0 aromatic rings. The monoisotopic (exact) mass is 325 g/mol. The summed E-state index contributed by atoms with van der Waals surface area (Å²) in [6.45, 7) is 16.6. The minimum atomic E-state index is -0.678. The van der Waals surface area contributed by atoms with E-state index in [0.717, 1.165) is 0 Å². The Morgan fingerprint density at radius 2 is 1.14 bits per heavy atom. The van der Waals surface area contributed by atoms with Crippen molar-refractivity contribution in [1.82, 2.24) is 9.13 Å². The van der Waals surface area contributed by atoms with E-state index in [9.17, 15) is 0 Å².